The number of sulfonamides is 1. The average Bonchev–Trinajstić information content (AvgIpc) is 2.76. The van der Waals surface area contributed by atoms with Crippen LogP contribution in [0.2, 0.25) is 0 Å². The van der Waals surface area contributed by atoms with Crippen molar-refractivity contribution >= 4 is 27.3 Å². The molecule has 0 radical (unpaired) electrons. The molecule has 1 atom stereocenters. The molecular weight excluding hydrogens is 412 g/mol. The van der Waals surface area contributed by atoms with Crippen molar-refractivity contribution in [3.05, 3.63) is 83.9 Å². The first kappa shape index (κ1) is 22.4. The van der Waals surface area contributed by atoms with Crippen molar-refractivity contribution in [1.29, 1.82) is 0 Å². The van der Waals surface area contributed by atoms with E-state index >= 15 is 0 Å². The maximum Gasteiger partial charge on any atom is 0.265 e. The van der Waals surface area contributed by atoms with Gasteiger partial charge in [-0.25, -0.2) is 8.42 Å². The van der Waals surface area contributed by atoms with E-state index in [1.807, 2.05) is 50.2 Å². The van der Waals surface area contributed by atoms with E-state index in [2.05, 4.69) is 10.0 Å². The lowest BCUT2D eigenvalue weighted by Crippen LogP contribution is -2.30. The van der Waals surface area contributed by atoms with Gasteiger partial charge in [-0.1, -0.05) is 42.8 Å². The zero-order chi connectivity index (χ0) is 22.4. The van der Waals surface area contributed by atoms with Gasteiger partial charge in [0.05, 0.1) is 4.90 Å². The number of benzene rings is 3. The number of hydrogen-bond donors (Lipinski definition) is 2. The lowest BCUT2D eigenvalue weighted by molar-refractivity contribution is -0.122. The lowest BCUT2D eigenvalue weighted by atomic mass is 10.1. The third kappa shape index (κ3) is 5.86. The van der Waals surface area contributed by atoms with E-state index in [4.69, 9.17) is 4.74 Å². The molecule has 0 aliphatic carbocycles. The van der Waals surface area contributed by atoms with Crippen molar-refractivity contribution in [1.82, 2.24) is 0 Å². The summed E-state index contributed by atoms with van der Waals surface area (Å²) in [5, 5.41) is 2.75. The fourth-order valence-electron chi connectivity index (χ4n) is 2.95. The Balaban J connectivity index is 1.64. The predicted molar refractivity (Wildman–Crippen MR) is 123 cm³/mol. The van der Waals surface area contributed by atoms with Crippen LogP contribution in [0, 0.1) is 6.92 Å². The van der Waals surface area contributed by atoms with Gasteiger partial charge < -0.3 is 10.1 Å². The van der Waals surface area contributed by atoms with Crippen LogP contribution >= 0.6 is 0 Å². The molecule has 3 aromatic rings. The number of aryl methyl sites for hydroxylation is 2. The molecule has 7 heteroatoms. The Hall–Kier alpha value is -3.32. The van der Waals surface area contributed by atoms with Gasteiger partial charge in [0.15, 0.2) is 6.10 Å². The molecule has 3 aromatic carbocycles. The SMILES string of the molecule is CCc1ccccc1O[C@@H](C)C(=O)Nc1ccc(S(=O)(=O)Nc2ccc(C)cc2)cc1. The molecule has 31 heavy (non-hydrogen) atoms. The quantitative estimate of drug-likeness (QED) is 0.531. The first-order valence-corrected chi connectivity index (χ1v) is 11.5. The summed E-state index contributed by atoms with van der Waals surface area (Å²) in [4.78, 5) is 12.6. The molecule has 0 aliphatic rings. The summed E-state index contributed by atoms with van der Waals surface area (Å²) in [5.41, 5.74) is 3.04. The van der Waals surface area contributed by atoms with Crippen LogP contribution in [0.15, 0.2) is 77.7 Å². The highest BCUT2D eigenvalue weighted by molar-refractivity contribution is 7.92. The Morgan fingerprint density at radius 1 is 0.935 bits per heavy atom. The van der Waals surface area contributed by atoms with Gasteiger partial charge in [0.2, 0.25) is 0 Å². The van der Waals surface area contributed by atoms with Crippen molar-refractivity contribution in [2.45, 2.75) is 38.2 Å². The van der Waals surface area contributed by atoms with Gasteiger partial charge in [-0.2, -0.15) is 0 Å². The topological polar surface area (TPSA) is 84.5 Å². The number of nitrogens with one attached hydrogen (secondary N) is 2. The van der Waals surface area contributed by atoms with Crippen molar-refractivity contribution in [2.24, 2.45) is 0 Å². The van der Waals surface area contributed by atoms with Crippen LogP contribution in [0.25, 0.3) is 0 Å². The highest BCUT2D eigenvalue weighted by Gasteiger charge is 2.18. The molecule has 0 unspecified atom stereocenters. The number of para-hydroxylation sites is 1. The zero-order valence-corrected chi connectivity index (χ0v) is 18.6. The van der Waals surface area contributed by atoms with Crippen LogP contribution < -0.4 is 14.8 Å². The van der Waals surface area contributed by atoms with E-state index in [0.29, 0.717) is 17.1 Å². The maximum absolute atomic E-state index is 12.6. The van der Waals surface area contributed by atoms with Crippen molar-refractivity contribution in [3.63, 3.8) is 0 Å². The zero-order valence-electron chi connectivity index (χ0n) is 17.8. The van der Waals surface area contributed by atoms with Crippen molar-refractivity contribution in [3.8, 4) is 5.75 Å². The normalized spacial score (nSPS) is 12.1. The molecule has 6 nitrogen and oxygen atoms in total. The second-order valence-electron chi connectivity index (χ2n) is 7.21. The minimum Gasteiger partial charge on any atom is -0.481 e. The minimum atomic E-state index is -3.72. The molecule has 0 aliphatic heterocycles. The maximum atomic E-state index is 12.6. The summed E-state index contributed by atoms with van der Waals surface area (Å²) in [6.07, 6.45) is 0.0937. The van der Waals surface area contributed by atoms with Crippen LogP contribution in [-0.2, 0) is 21.2 Å². The number of ether oxygens (including phenoxy) is 1. The third-order valence-electron chi connectivity index (χ3n) is 4.76. The minimum absolute atomic E-state index is 0.104. The molecule has 162 valence electrons. The van der Waals surface area contributed by atoms with Gasteiger partial charge >= 0.3 is 0 Å². The molecule has 0 saturated heterocycles. The summed E-state index contributed by atoms with van der Waals surface area (Å²) in [6, 6.07) is 20.7. The standard InChI is InChI=1S/C24H26N2O4S/c1-4-19-7-5-6-8-23(19)30-18(3)24(27)25-20-13-15-22(16-14-20)31(28,29)26-21-11-9-17(2)10-12-21/h5-16,18,26H,4H2,1-3H3,(H,25,27)/t18-/m0/s1. The van der Waals surface area contributed by atoms with E-state index < -0.39 is 16.1 Å². The Kier molecular flexibility index (Phi) is 6.97. The summed E-state index contributed by atoms with van der Waals surface area (Å²) in [7, 11) is -3.72. The number of anilines is 2. The first-order chi connectivity index (χ1) is 14.8. The average molecular weight is 439 g/mol. The largest absolute Gasteiger partial charge is 0.481 e. The van der Waals surface area contributed by atoms with E-state index in [9.17, 15) is 13.2 Å². The summed E-state index contributed by atoms with van der Waals surface area (Å²) >= 11 is 0. The summed E-state index contributed by atoms with van der Waals surface area (Å²) in [6.45, 7) is 5.63. The van der Waals surface area contributed by atoms with Gasteiger partial charge in [-0.15, -0.1) is 0 Å². The van der Waals surface area contributed by atoms with Crippen LogP contribution in [0.1, 0.15) is 25.0 Å². The van der Waals surface area contributed by atoms with E-state index in [-0.39, 0.29) is 10.8 Å². The Bertz CT molecular complexity index is 1140. The molecule has 2 N–H and O–H groups in total. The third-order valence-corrected chi connectivity index (χ3v) is 6.16. The monoisotopic (exact) mass is 438 g/mol. The highest BCUT2D eigenvalue weighted by atomic mass is 32.2. The van der Waals surface area contributed by atoms with Gasteiger partial charge in [0, 0.05) is 11.4 Å². The van der Waals surface area contributed by atoms with Crippen LogP contribution in [0.5, 0.6) is 5.75 Å². The highest BCUT2D eigenvalue weighted by Crippen LogP contribution is 2.21. The first-order valence-electron chi connectivity index (χ1n) is 10.0. The summed E-state index contributed by atoms with van der Waals surface area (Å²) < 4.78 is 33.5. The Labute approximate surface area is 183 Å². The van der Waals surface area contributed by atoms with Crippen molar-refractivity contribution in [2.75, 3.05) is 10.0 Å². The van der Waals surface area contributed by atoms with E-state index in [1.165, 1.54) is 12.1 Å². The molecule has 3 rings (SSSR count). The smallest absolute Gasteiger partial charge is 0.265 e. The second kappa shape index (κ2) is 9.66. The summed E-state index contributed by atoms with van der Waals surface area (Å²) in [5.74, 6) is 0.357. The van der Waals surface area contributed by atoms with Crippen LogP contribution in [0.4, 0.5) is 11.4 Å². The second-order valence-corrected chi connectivity index (χ2v) is 8.89. The van der Waals surface area contributed by atoms with Gasteiger partial charge in [-0.3, -0.25) is 9.52 Å². The predicted octanol–water partition coefficient (Wildman–Crippen LogP) is 4.76. The Morgan fingerprint density at radius 3 is 2.19 bits per heavy atom. The fourth-order valence-corrected chi connectivity index (χ4v) is 4.01. The lowest BCUT2D eigenvalue weighted by Gasteiger charge is -2.17. The molecule has 0 aromatic heterocycles. The van der Waals surface area contributed by atoms with E-state index in [0.717, 1.165) is 17.5 Å². The number of hydrogen-bond acceptors (Lipinski definition) is 4. The molecule has 1 amide bonds. The molecule has 0 saturated carbocycles. The van der Waals surface area contributed by atoms with Crippen molar-refractivity contribution < 1.29 is 17.9 Å². The van der Waals surface area contributed by atoms with Crippen LogP contribution in [0.3, 0.4) is 0 Å². The molecule has 0 fully saturated rings. The number of carbonyl (C=O) groups excluding carboxylic acids is 1. The van der Waals surface area contributed by atoms with Gasteiger partial charge in [-0.05, 0) is 68.3 Å². The van der Waals surface area contributed by atoms with Gasteiger partial charge in [0.25, 0.3) is 15.9 Å². The molecule has 0 bridgehead atoms. The molecule has 0 heterocycles. The van der Waals surface area contributed by atoms with E-state index in [1.54, 1.807) is 31.2 Å². The number of rotatable bonds is 8. The molecule has 0 spiro atoms. The Morgan fingerprint density at radius 2 is 1.55 bits per heavy atom. The fraction of sp³-hybridized carbons (Fsp3) is 0.208. The molecular formula is C24H26N2O4S. The number of carbonyl (C=O) groups is 1. The van der Waals surface area contributed by atoms with Gasteiger partial charge in [0.1, 0.15) is 5.75 Å². The number of amides is 1. The van der Waals surface area contributed by atoms with Crippen LogP contribution in [-0.4, -0.2) is 20.4 Å².